The molecule has 4 saturated carbocycles. The van der Waals surface area contributed by atoms with Crippen molar-refractivity contribution in [1.82, 2.24) is 78.9 Å². The van der Waals surface area contributed by atoms with Crippen LogP contribution < -0.4 is 33.2 Å². The van der Waals surface area contributed by atoms with Gasteiger partial charge in [0.1, 0.15) is 68.6 Å². The lowest BCUT2D eigenvalue weighted by atomic mass is 9.78. The summed E-state index contributed by atoms with van der Waals surface area (Å²) in [6.07, 6.45) is 26.6. The standard InChI is InChI=1S/C31H33N7.C30H30N6O.C29H28N6/c1-37-14-11-24(12-15-37)34-25-17-23(18-25)31-36-28(29-30(32)33-13-16-38(29)31)22-8-7-21-9-10-26(35-27(21)19-22)20-5-3-2-4-6-20;31-29-28-27(21-7-6-20-8-9-25(34-26(20)18-21)19-4-2-1-3-5-19)35-30(36(28)13-12-32-29)22-16-24(17-22)33-23-10-14-37-15-11-23;30-28-27-26(20-10-9-19-11-12-24(33-25(19)17-20)18-5-2-1-3-6-18)34-29(35(27)14-13-31-28)21-15-23(16-21)32-22-7-4-8-22/h2-10,13,16,19,23-25,34H,11-12,14-15,17-18H2,1H3,(H2,32,33);1-9,12-13,18,22-24,33H,10-11,14-17H2,(H2,31,32);1-3,5-6,9-14,17,21-23,32H,4,7-8,15-16H2,(H2,30,31). The van der Waals surface area contributed by atoms with Gasteiger partial charge in [0.05, 0.1) is 33.6 Å². The normalized spacial score (nSPS) is 20.4. The summed E-state index contributed by atoms with van der Waals surface area (Å²) < 4.78 is 12.0. The van der Waals surface area contributed by atoms with Gasteiger partial charge in [-0.25, -0.2) is 44.9 Å². The lowest BCUT2D eigenvalue weighted by Gasteiger charge is -2.40. The van der Waals surface area contributed by atoms with E-state index in [4.69, 9.17) is 51.8 Å². The van der Waals surface area contributed by atoms with Gasteiger partial charge in [-0.3, -0.25) is 13.2 Å². The molecule has 110 heavy (non-hydrogen) atoms. The van der Waals surface area contributed by atoms with E-state index in [9.17, 15) is 0 Å². The van der Waals surface area contributed by atoms with Crippen LogP contribution in [0.15, 0.2) is 219 Å². The SMILES string of the molecule is CN1CCC(NC2CC(c3nc(-c4ccc5ccc(-c6ccccc6)nc5c4)c4c(N)nccn34)C2)CC1.Nc1nccn2c(C3CC(NC4CCC4)C3)nc(-c3ccc4ccc(-c5ccccc5)nc4c3)c12.Nc1nccn2c(C3CC(NC4CCOCC4)C3)nc(-c3ccc4ccc(-c5ccccc5)nc4c3)c12. The topological polar surface area (TPSA) is 256 Å². The molecule has 552 valence electrons. The number of fused-ring (bicyclic) bond motifs is 6. The van der Waals surface area contributed by atoms with E-state index < -0.39 is 0 Å². The monoisotopic (exact) mass is 1450 g/mol. The number of nitrogens with one attached hydrogen (secondary N) is 3. The number of anilines is 3. The number of likely N-dealkylation sites (tertiary alicyclic amines) is 1. The molecule has 4 aliphatic carbocycles. The highest BCUT2D eigenvalue weighted by atomic mass is 16.5. The first kappa shape index (κ1) is 69.1. The smallest absolute Gasteiger partial charge is 0.150 e. The Morgan fingerprint density at radius 1 is 0.345 bits per heavy atom. The number of nitrogens with two attached hydrogens (primary N) is 3. The quantitative estimate of drug-likeness (QED) is 0.0558. The molecule has 20 nitrogen and oxygen atoms in total. The van der Waals surface area contributed by atoms with E-state index in [0.29, 0.717) is 65.4 Å². The maximum atomic E-state index is 6.44. The summed E-state index contributed by atoms with van der Waals surface area (Å²) in [5.41, 5.74) is 36.6. The molecule has 11 heterocycles. The minimum Gasteiger partial charge on any atom is -0.382 e. The maximum Gasteiger partial charge on any atom is 0.150 e. The molecule has 15 aromatic rings. The van der Waals surface area contributed by atoms with Crippen LogP contribution in [0.1, 0.15) is 119 Å². The summed E-state index contributed by atoms with van der Waals surface area (Å²) >= 11 is 0. The van der Waals surface area contributed by atoms with Crippen LogP contribution in [0, 0.1) is 0 Å². The molecule has 2 saturated heterocycles. The summed E-state index contributed by atoms with van der Waals surface area (Å²) in [5.74, 6) is 5.98. The number of hydrogen-bond acceptors (Lipinski definition) is 17. The number of ether oxygens (including phenoxy) is 1. The van der Waals surface area contributed by atoms with E-state index >= 15 is 0 Å². The Kier molecular flexibility index (Phi) is 18.8. The highest BCUT2D eigenvalue weighted by molar-refractivity contribution is 5.94. The second-order valence-corrected chi connectivity index (χ2v) is 31.1. The van der Waals surface area contributed by atoms with Crippen LogP contribution >= 0.6 is 0 Å². The van der Waals surface area contributed by atoms with Gasteiger partial charge < -0.3 is 42.8 Å². The number of piperidine rings is 1. The van der Waals surface area contributed by atoms with Gasteiger partial charge in [-0.15, -0.1) is 0 Å². The average molecular weight is 1450 g/mol. The molecular formula is C90H91N19O. The average Bonchev–Trinajstić information content (AvgIpc) is 1.61. The summed E-state index contributed by atoms with van der Waals surface area (Å²) in [6, 6.07) is 66.2. The molecule has 0 bridgehead atoms. The second kappa shape index (κ2) is 29.9. The highest BCUT2D eigenvalue weighted by Gasteiger charge is 2.39. The number of nitrogens with zero attached hydrogens (tertiary/aromatic N) is 13. The van der Waals surface area contributed by atoms with E-state index in [1.54, 1.807) is 18.6 Å². The first-order valence-corrected chi connectivity index (χ1v) is 39.4. The Bertz CT molecular complexity index is 5830. The third kappa shape index (κ3) is 13.8. The number of rotatable bonds is 15. The predicted octanol–water partition coefficient (Wildman–Crippen LogP) is 15.9. The number of benzene rings is 6. The van der Waals surface area contributed by atoms with Crippen molar-refractivity contribution < 1.29 is 4.74 Å². The van der Waals surface area contributed by atoms with E-state index in [1.807, 2.05) is 73.2 Å². The molecular weight excluding hydrogens is 1360 g/mol. The Morgan fingerprint density at radius 3 is 0.991 bits per heavy atom. The lowest BCUT2D eigenvalue weighted by Crippen LogP contribution is -2.49. The number of hydrogen-bond donors (Lipinski definition) is 6. The number of imidazole rings is 3. The number of nitrogen functional groups attached to an aromatic ring is 3. The minimum absolute atomic E-state index is 0.392. The number of pyridine rings is 3. The summed E-state index contributed by atoms with van der Waals surface area (Å²) in [7, 11) is 2.21. The molecule has 6 aromatic carbocycles. The van der Waals surface area contributed by atoms with Gasteiger partial charge in [-0.1, -0.05) is 152 Å². The van der Waals surface area contributed by atoms with Gasteiger partial charge in [0, 0.05) is 154 Å². The van der Waals surface area contributed by atoms with Gasteiger partial charge in [0.2, 0.25) is 0 Å². The molecule has 0 spiro atoms. The molecule has 0 radical (unpaired) electrons. The van der Waals surface area contributed by atoms with Crippen LogP contribution in [0.3, 0.4) is 0 Å². The Balaban J connectivity index is 0.000000112. The van der Waals surface area contributed by atoms with Crippen molar-refractivity contribution in [3.8, 4) is 67.5 Å². The molecule has 20 heteroatoms. The van der Waals surface area contributed by atoms with Crippen molar-refractivity contribution in [2.45, 2.75) is 137 Å². The molecule has 0 unspecified atom stereocenters. The van der Waals surface area contributed by atoms with Crippen LogP contribution in [-0.4, -0.2) is 133 Å². The molecule has 0 atom stereocenters. The van der Waals surface area contributed by atoms with Crippen LogP contribution in [0.25, 0.3) is 117 Å². The van der Waals surface area contributed by atoms with Crippen LogP contribution in [0.4, 0.5) is 17.5 Å². The van der Waals surface area contributed by atoms with Gasteiger partial charge in [0.15, 0.2) is 0 Å². The second-order valence-electron chi connectivity index (χ2n) is 31.1. The van der Waals surface area contributed by atoms with Crippen molar-refractivity contribution in [2.75, 3.05) is 50.6 Å². The van der Waals surface area contributed by atoms with Crippen molar-refractivity contribution in [3.05, 3.63) is 237 Å². The fourth-order valence-corrected chi connectivity index (χ4v) is 17.3. The predicted molar refractivity (Wildman–Crippen MR) is 439 cm³/mol. The molecule has 6 fully saturated rings. The zero-order valence-corrected chi connectivity index (χ0v) is 62.0. The maximum absolute atomic E-state index is 6.44. The van der Waals surface area contributed by atoms with Gasteiger partial charge >= 0.3 is 0 Å². The Morgan fingerprint density at radius 2 is 0.664 bits per heavy atom. The van der Waals surface area contributed by atoms with Crippen molar-refractivity contribution in [3.63, 3.8) is 0 Å². The molecule has 0 amide bonds. The molecule has 9 aromatic heterocycles. The van der Waals surface area contributed by atoms with E-state index in [0.717, 1.165) is 205 Å². The van der Waals surface area contributed by atoms with Crippen LogP contribution in [-0.2, 0) is 4.74 Å². The highest BCUT2D eigenvalue weighted by Crippen LogP contribution is 2.45. The van der Waals surface area contributed by atoms with Crippen LogP contribution in [0.2, 0.25) is 0 Å². The zero-order valence-electron chi connectivity index (χ0n) is 62.0. The zero-order chi connectivity index (χ0) is 73.8. The van der Waals surface area contributed by atoms with E-state index in [2.05, 4.69) is 183 Å². The van der Waals surface area contributed by atoms with Gasteiger partial charge in [-0.2, -0.15) is 0 Å². The molecule has 2 aliphatic heterocycles. The van der Waals surface area contributed by atoms with Crippen molar-refractivity contribution in [1.29, 1.82) is 0 Å². The summed E-state index contributed by atoms with van der Waals surface area (Å²) in [4.78, 5) is 46.1. The first-order valence-electron chi connectivity index (χ1n) is 39.4. The first-order chi connectivity index (χ1) is 54.1. The Hall–Kier alpha value is -11.4. The Labute approximate surface area is 639 Å². The summed E-state index contributed by atoms with van der Waals surface area (Å²) in [6.45, 7) is 4.09. The summed E-state index contributed by atoms with van der Waals surface area (Å²) in [5, 5.41) is 14.8. The van der Waals surface area contributed by atoms with E-state index in [1.165, 1.54) is 45.2 Å². The fraction of sp³-hybridized carbons (Fsp3) is 0.300. The van der Waals surface area contributed by atoms with Crippen LogP contribution in [0.5, 0.6) is 0 Å². The van der Waals surface area contributed by atoms with E-state index in [-0.39, 0.29) is 0 Å². The number of aromatic nitrogens is 12. The molecule has 9 N–H and O–H groups in total. The molecule has 21 rings (SSSR count). The third-order valence-electron chi connectivity index (χ3n) is 23.9. The van der Waals surface area contributed by atoms with Crippen molar-refractivity contribution in [2.24, 2.45) is 0 Å². The largest absolute Gasteiger partial charge is 0.382 e. The van der Waals surface area contributed by atoms with Crippen molar-refractivity contribution >= 4 is 66.7 Å². The molecule has 6 aliphatic rings. The fourth-order valence-electron chi connectivity index (χ4n) is 17.3. The lowest BCUT2D eigenvalue weighted by molar-refractivity contribution is 0.0695. The minimum atomic E-state index is 0.392. The van der Waals surface area contributed by atoms with Gasteiger partial charge in [-0.05, 0) is 134 Å². The van der Waals surface area contributed by atoms with Gasteiger partial charge in [0.25, 0.3) is 0 Å². The third-order valence-corrected chi connectivity index (χ3v) is 23.9.